The van der Waals surface area contributed by atoms with Gasteiger partial charge in [0.1, 0.15) is 7.11 Å². The lowest BCUT2D eigenvalue weighted by molar-refractivity contribution is 0.210. The Balaban J connectivity index is 2.44. The van der Waals surface area contributed by atoms with E-state index in [0.717, 1.165) is 25.0 Å². The first-order valence-electron chi connectivity index (χ1n) is 4.04. The molecule has 0 radical (unpaired) electrons. The number of halogens is 1. The van der Waals surface area contributed by atoms with Crippen LogP contribution in [-0.4, -0.2) is 19.5 Å². The number of nitrogens with zero attached hydrogens (tertiary/aromatic N) is 1. The molecule has 1 unspecified atom stereocenters. The molecule has 0 aromatic carbocycles. The molecule has 0 amide bonds. The fourth-order valence-electron chi connectivity index (χ4n) is 1.58. The molecule has 0 aliphatic heterocycles. The molecule has 1 aliphatic rings. The number of alkyl halides is 1. The van der Waals surface area contributed by atoms with Crippen LogP contribution in [0.2, 0.25) is 0 Å². The molecule has 0 aromatic rings. The standard InChI is InChI=1S/C8H14FNO/c1-11-10-8-4-2-3-7(8)5-6-9/h7H,2-6H2,1H3/b10-8-. The van der Waals surface area contributed by atoms with Gasteiger partial charge in [-0.05, 0) is 25.7 Å². The second kappa shape index (κ2) is 4.31. The van der Waals surface area contributed by atoms with E-state index in [1.54, 1.807) is 0 Å². The van der Waals surface area contributed by atoms with Crippen molar-refractivity contribution in [1.29, 1.82) is 0 Å². The third-order valence-corrected chi connectivity index (χ3v) is 2.12. The second-order valence-electron chi connectivity index (χ2n) is 2.83. The van der Waals surface area contributed by atoms with Gasteiger partial charge < -0.3 is 4.84 Å². The molecule has 1 fully saturated rings. The number of oxime groups is 1. The molecule has 0 saturated heterocycles. The Bertz CT molecular complexity index is 147. The smallest absolute Gasteiger partial charge is 0.106 e. The predicted octanol–water partition coefficient (Wildman–Crippen LogP) is 2.15. The zero-order valence-corrected chi connectivity index (χ0v) is 6.85. The second-order valence-corrected chi connectivity index (χ2v) is 2.83. The van der Waals surface area contributed by atoms with E-state index in [9.17, 15) is 4.39 Å². The summed E-state index contributed by atoms with van der Waals surface area (Å²) in [5, 5.41) is 3.87. The van der Waals surface area contributed by atoms with Crippen molar-refractivity contribution in [1.82, 2.24) is 0 Å². The van der Waals surface area contributed by atoms with Gasteiger partial charge in [0, 0.05) is 5.92 Å². The highest BCUT2D eigenvalue weighted by Gasteiger charge is 2.22. The van der Waals surface area contributed by atoms with E-state index >= 15 is 0 Å². The first-order valence-corrected chi connectivity index (χ1v) is 4.04. The molecule has 1 rings (SSSR count). The van der Waals surface area contributed by atoms with E-state index in [0.29, 0.717) is 12.3 Å². The van der Waals surface area contributed by atoms with Gasteiger partial charge in [0.15, 0.2) is 0 Å². The van der Waals surface area contributed by atoms with Crippen molar-refractivity contribution in [3.8, 4) is 0 Å². The molecular formula is C8H14FNO. The molecule has 11 heavy (non-hydrogen) atoms. The third-order valence-electron chi connectivity index (χ3n) is 2.12. The summed E-state index contributed by atoms with van der Waals surface area (Å²) >= 11 is 0. The molecule has 0 spiro atoms. The normalized spacial score (nSPS) is 27.8. The van der Waals surface area contributed by atoms with Crippen molar-refractivity contribution in [2.75, 3.05) is 13.8 Å². The van der Waals surface area contributed by atoms with Crippen LogP contribution in [0.4, 0.5) is 4.39 Å². The Labute approximate surface area is 66.4 Å². The third kappa shape index (κ3) is 2.17. The summed E-state index contributed by atoms with van der Waals surface area (Å²) in [6, 6.07) is 0. The summed E-state index contributed by atoms with van der Waals surface area (Å²) < 4.78 is 12.0. The van der Waals surface area contributed by atoms with Gasteiger partial charge in [0.2, 0.25) is 0 Å². The highest BCUT2D eigenvalue weighted by Crippen LogP contribution is 2.25. The van der Waals surface area contributed by atoms with Crippen LogP contribution in [0.15, 0.2) is 5.16 Å². The zero-order valence-electron chi connectivity index (χ0n) is 6.85. The molecular weight excluding hydrogens is 145 g/mol. The van der Waals surface area contributed by atoms with Gasteiger partial charge in [0.05, 0.1) is 12.4 Å². The molecule has 0 N–H and O–H groups in total. The summed E-state index contributed by atoms with van der Waals surface area (Å²) in [7, 11) is 1.54. The molecule has 0 aromatic heterocycles. The fraction of sp³-hybridized carbons (Fsp3) is 0.875. The highest BCUT2D eigenvalue weighted by atomic mass is 19.1. The van der Waals surface area contributed by atoms with Crippen LogP contribution in [-0.2, 0) is 4.84 Å². The lowest BCUT2D eigenvalue weighted by Crippen LogP contribution is -2.07. The summed E-state index contributed by atoms with van der Waals surface area (Å²) in [4.78, 5) is 4.67. The van der Waals surface area contributed by atoms with Crippen molar-refractivity contribution >= 4 is 5.71 Å². The Morgan fingerprint density at radius 3 is 3.18 bits per heavy atom. The minimum atomic E-state index is -0.243. The predicted molar refractivity (Wildman–Crippen MR) is 42.4 cm³/mol. The van der Waals surface area contributed by atoms with Crippen molar-refractivity contribution in [2.24, 2.45) is 11.1 Å². The van der Waals surface area contributed by atoms with Crippen molar-refractivity contribution < 1.29 is 9.23 Å². The lowest BCUT2D eigenvalue weighted by Gasteiger charge is -2.06. The largest absolute Gasteiger partial charge is 0.399 e. The van der Waals surface area contributed by atoms with E-state index in [-0.39, 0.29) is 6.67 Å². The van der Waals surface area contributed by atoms with Gasteiger partial charge in [-0.15, -0.1) is 0 Å². The van der Waals surface area contributed by atoms with E-state index in [2.05, 4.69) is 9.99 Å². The Morgan fingerprint density at radius 2 is 2.55 bits per heavy atom. The van der Waals surface area contributed by atoms with Gasteiger partial charge in [-0.3, -0.25) is 4.39 Å². The van der Waals surface area contributed by atoms with Crippen LogP contribution in [0.5, 0.6) is 0 Å². The van der Waals surface area contributed by atoms with Gasteiger partial charge >= 0.3 is 0 Å². The van der Waals surface area contributed by atoms with E-state index in [1.165, 1.54) is 7.11 Å². The van der Waals surface area contributed by atoms with Crippen LogP contribution < -0.4 is 0 Å². The Kier molecular flexibility index (Phi) is 3.33. The quantitative estimate of drug-likeness (QED) is 0.578. The average molecular weight is 159 g/mol. The first-order chi connectivity index (χ1) is 5.38. The molecule has 1 saturated carbocycles. The minimum absolute atomic E-state index is 0.243. The monoisotopic (exact) mass is 159 g/mol. The average Bonchev–Trinajstić information content (AvgIpc) is 2.39. The number of hydrogen-bond donors (Lipinski definition) is 0. The molecule has 0 bridgehead atoms. The SMILES string of the molecule is CO/N=C1/CCCC1CCF. The number of rotatable bonds is 3. The van der Waals surface area contributed by atoms with Crippen molar-refractivity contribution in [2.45, 2.75) is 25.7 Å². The van der Waals surface area contributed by atoms with E-state index in [1.807, 2.05) is 0 Å². The molecule has 64 valence electrons. The van der Waals surface area contributed by atoms with E-state index in [4.69, 9.17) is 0 Å². The van der Waals surface area contributed by atoms with Crippen molar-refractivity contribution in [3.05, 3.63) is 0 Å². The number of hydrogen-bond acceptors (Lipinski definition) is 2. The van der Waals surface area contributed by atoms with Crippen LogP contribution >= 0.6 is 0 Å². The highest BCUT2D eigenvalue weighted by molar-refractivity contribution is 5.88. The molecule has 3 heteroatoms. The van der Waals surface area contributed by atoms with Crippen molar-refractivity contribution in [3.63, 3.8) is 0 Å². The molecule has 2 nitrogen and oxygen atoms in total. The molecule has 1 aliphatic carbocycles. The summed E-state index contributed by atoms with van der Waals surface area (Å²) in [5.41, 5.74) is 1.05. The van der Waals surface area contributed by atoms with Gasteiger partial charge in [-0.2, -0.15) is 0 Å². The minimum Gasteiger partial charge on any atom is -0.399 e. The lowest BCUT2D eigenvalue weighted by atomic mass is 10.0. The fourth-order valence-corrected chi connectivity index (χ4v) is 1.58. The van der Waals surface area contributed by atoms with Gasteiger partial charge in [0.25, 0.3) is 0 Å². The molecule has 1 atom stereocenters. The van der Waals surface area contributed by atoms with E-state index < -0.39 is 0 Å². The summed E-state index contributed by atoms with van der Waals surface area (Å²) in [6.07, 6.45) is 3.81. The topological polar surface area (TPSA) is 21.6 Å². The Morgan fingerprint density at radius 1 is 1.73 bits per heavy atom. The maximum Gasteiger partial charge on any atom is 0.106 e. The Hall–Kier alpha value is -0.600. The molecule has 0 heterocycles. The zero-order chi connectivity index (χ0) is 8.10. The first kappa shape index (κ1) is 8.50. The van der Waals surface area contributed by atoms with Gasteiger partial charge in [-0.1, -0.05) is 5.16 Å². The summed E-state index contributed by atoms with van der Waals surface area (Å²) in [6.45, 7) is -0.243. The maximum absolute atomic E-state index is 12.0. The van der Waals surface area contributed by atoms with Crippen LogP contribution in [0.1, 0.15) is 25.7 Å². The van der Waals surface area contributed by atoms with Crippen LogP contribution in [0.3, 0.4) is 0 Å². The van der Waals surface area contributed by atoms with Crippen LogP contribution in [0.25, 0.3) is 0 Å². The van der Waals surface area contributed by atoms with Crippen LogP contribution in [0, 0.1) is 5.92 Å². The van der Waals surface area contributed by atoms with Gasteiger partial charge in [-0.25, -0.2) is 0 Å². The maximum atomic E-state index is 12.0. The summed E-state index contributed by atoms with van der Waals surface area (Å²) in [5.74, 6) is 0.347.